The minimum atomic E-state index is 0.623. The number of rotatable bonds is 4. The van der Waals surface area contributed by atoms with Gasteiger partial charge < -0.3 is 15.8 Å². The van der Waals surface area contributed by atoms with Crippen molar-refractivity contribution >= 4 is 11.4 Å². The highest BCUT2D eigenvalue weighted by atomic mass is 16.5. The van der Waals surface area contributed by atoms with Gasteiger partial charge in [0.25, 0.3) is 0 Å². The van der Waals surface area contributed by atoms with Crippen LogP contribution < -0.4 is 15.8 Å². The highest BCUT2D eigenvalue weighted by Gasteiger charge is 2.14. The predicted molar refractivity (Wildman–Crippen MR) is 67.9 cm³/mol. The molecule has 2 rings (SSSR count). The van der Waals surface area contributed by atoms with Gasteiger partial charge in [0.15, 0.2) is 0 Å². The summed E-state index contributed by atoms with van der Waals surface area (Å²) < 4.78 is 5.48. The van der Waals surface area contributed by atoms with Crippen LogP contribution >= 0.6 is 0 Å². The van der Waals surface area contributed by atoms with Gasteiger partial charge in [0.05, 0.1) is 12.3 Å². The van der Waals surface area contributed by atoms with Crippen molar-refractivity contribution in [2.45, 2.75) is 38.6 Å². The second-order valence-electron chi connectivity index (χ2n) is 4.31. The first-order valence-electron chi connectivity index (χ1n) is 6.08. The molecule has 1 aliphatic rings. The molecule has 1 fully saturated rings. The molecule has 0 atom stereocenters. The largest absolute Gasteiger partial charge is 0.492 e. The van der Waals surface area contributed by atoms with Gasteiger partial charge in [-0.2, -0.15) is 0 Å². The number of nitrogens with two attached hydrogens (primary N) is 1. The lowest BCUT2D eigenvalue weighted by molar-refractivity contribution is 0.342. The van der Waals surface area contributed by atoms with E-state index in [4.69, 9.17) is 10.5 Å². The van der Waals surface area contributed by atoms with Crippen LogP contribution in [0.25, 0.3) is 0 Å². The van der Waals surface area contributed by atoms with Gasteiger partial charge in [0.1, 0.15) is 5.75 Å². The van der Waals surface area contributed by atoms with Crippen molar-refractivity contribution < 1.29 is 4.74 Å². The van der Waals surface area contributed by atoms with Crippen molar-refractivity contribution in [2.24, 2.45) is 0 Å². The SMILES string of the molecule is CCOc1cc(NC2CCCC2)ccc1N. The molecule has 0 aromatic heterocycles. The zero-order valence-electron chi connectivity index (χ0n) is 9.83. The smallest absolute Gasteiger partial charge is 0.144 e. The Balaban J connectivity index is 2.05. The number of nitrogens with one attached hydrogen (secondary N) is 1. The van der Waals surface area contributed by atoms with Crippen molar-refractivity contribution in [3.05, 3.63) is 18.2 Å². The molecule has 0 amide bonds. The second kappa shape index (κ2) is 5.10. The van der Waals surface area contributed by atoms with E-state index in [9.17, 15) is 0 Å². The standard InChI is InChI=1S/C13H20N2O/c1-2-16-13-9-11(7-8-12(13)14)15-10-5-3-4-6-10/h7-10,15H,2-6,14H2,1H3. The third kappa shape index (κ3) is 2.60. The van der Waals surface area contributed by atoms with Crippen LogP contribution in [0.1, 0.15) is 32.6 Å². The Morgan fingerprint density at radius 2 is 2.12 bits per heavy atom. The first kappa shape index (κ1) is 11.1. The summed E-state index contributed by atoms with van der Waals surface area (Å²) in [5.41, 5.74) is 7.65. The molecule has 1 aromatic carbocycles. The fourth-order valence-corrected chi connectivity index (χ4v) is 2.21. The summed E-state index contributed by atoms with van der Waals surface area (Å²) in [6.45, 7) is 2.62. The third-order valence-electron chi connectivity index (χ3n) is 3.04. The van der Waals surface area contributed by atoms with E-state index in [-0.39, 0.29) is 0 Å². The van der Waals surface area contributed by atoms with Gasteiger partial charge in [-0.1, -0.05) is 12.8 Å². The van der Waals surface area contributed by atoms with Gasteiger partial charge in [-0.15, -0.1) is 0 Å². The number of nitrogen functional groups attached to an aromatic ring is 1. The lowest BCUT2D eigenvalue weighted by atomic mass is 10.2. The normalized spacial score (nSPS) is 16.3. The molecule has 0 unspecified atom stereocenters. The molecule has 16 heavy (non-hydrogen) atoms. The van der Waals surface area contributed by atoms with Gasteiger partial charge in [0, 0.05) is 17.8 Å². The highest BCUT2D eigenvalue weighted by molar-refractivity contribution is 5.61. The molecular formula is C13H20N2O. The molecule has 3 N–H and O–H groups in total. The molecular weight excluding hydrogens is 200 g/mol. The van der Waals surface area contributed by atoms with Crippen molar-refractivity contribution in [3.8, 4) is 5.75 Å². The molecule has 0 saturated heterocycles. The van der Waals surface area contributed by atoms with Crippen LogP contribution in [0.2, 0.25) is 0 Å². The summed E-state index contributed by atoms with van der Waals surface area (Å²) in [4.78, 5) is 0. The van der Waals surface area contributed by atoms with E-state index in [2.05, 4.69) is 5.32 Å². The Morgan fingerprint density at radius 3 is 2.81 bits per heavy atom. The van der Waals surface area contributed by atoms with E-state index in [0.717, 1.165) is 11.4 Å². The number of anilines is 2. The monoisotopic (exact) mass is 220 g/mol. The van der Waals surface area contributed by atoms with Crippen LogP contribution in [0.5, 0.6) is 5.75 Å². The van der Waals surface area contributed by atoms with E-state index in [0.29, 0.717) is 18.3 Å². The average molecular weight is 220 g/mol. The summed E-state index contributed by atoms with van der Waals surface area (Å²) in [6.07, 6.45) is 5.22. The van der Waals surface area contributed by atoms with Crippen molar-refractivity contribution in [1.29, 1.82) is 0 Å². The predicted octanol–water partition coefficient (Wildman–Crippen LogP) is 3.02. The molecule has 3 heteroatoms. The van der Waals surface area contributed by atoms with Crippen molar-refractivity contribution in [3.63, 3.8) is 0 Å². The molecule has 1 aromatic rings. The molecule has 88 valence electrons. The molecule has 0 heterocycles. The lowest BCUT2D eigenvalue weighted by Crippen LogP contribution is -2.14. The number of hydrogen-bond acceptors (Lipinski definition) is 3. The maximum atomic E-state index is 5.83. The van der Waals surface area contributed by atoms with Crippen LogP contribution in [0.4, 0.5) is 11.4 Å². The maximum absolute atomic E-state index is 5.83. The zero-order chi connectivity index (χ0) is 11.4. The highest BCUT2D eigenvalue weighted by Crippen LogP contribution is 2.28. The Labute approximate surface area is 97.0 Å². The minimum Gasteiger partial charge on any atom is -0.492 e. The van der Waals surface area contributed by atoms with E-state index < -0.39 is 0 Å². The third-order valence-corrected chi connectivity index (χ3v) is 3.04. The van der Waals surface area contributed by atoms with Crippen LogP contribution in [0.15, 0.2) is 18.2 Å². The molecule has 0 radical (unpaired) electrons. The first-order chi connectivity index (χ1) is 7.79. The summed E-state index contributed by atoms with van der Waals surface area (Å²) in [7, 11) is 0. The van der Waals surface area contributed by atoms with Crippen LogP contribution in [0.3, 0.4) is 0 Å². The average Bonchev–Trinajstić information content (AvgIpc) is 2.76. The lowest BCUT2D eigenvalue weighted by Gasteiger charge is -2.15. The molecule has 0 bridgehead atoms. The molecule has 0 spiro atoms. The summed E-state index contributed by atoms with van der Waals surface area (Å²) in [5, 5.41) is 3.53. The fraction of sp³-hybridized carbons (Fsp3) is 0.538. The molecule has 3 nitrogen and oxygen atoms in total. The number of ether oxygens (including phenoxy) is 1. The first-order valence-corrected chi connectivity index (χ1v) is 6.08. The van der Waals surface area contributed by atoms with Crippen LogP contribution in [-0.4, -0.2) is 12.6 Å². The Bertz CT molecular complexity index is 346. The molecule has 1 saturated carbocycles. The Hall–Kier alpha value is -1.38. The van der Waals surface area contributed by atoms with Gasteiger partial charge in [-0.05, 0) is 31.9 Å². The van der Waals surface area contributed by atoms with E-state index in [1.807, 2.05) is 25.1 Å². The van der Waals surface area contributed by atoms with Gasteiger partial charge >= 0.3 is 0 Å². The molecule has 0 aliphatic heterocycles. The van der Waals surface area contributed by atoms with E-state index in [1.54, 1.807) is 0 Å². The van der Waals surface area contributed by atoms with Crippen molar-refractivity contribution in [2.75, 3.05) is 17.7 Å². The number of hydrogen-bond donors (Lipinski definition) is 2. The number of benzene rings is 1. The van der Waals surface area contributed by atoms with Crippen molar-refractivity contribution in [1.82, 2.24) is 0 Å². The van der Waals surface area contributed by atoms with Gasteiger partial charge in [-0.3, -0.25) is 0 Å². The summed E-state index contributed by atoms with van der Waals surface area (Å²) in [6, 6.07) is 6.55. The van der Waals surface area contributed by atoms with Crippen LogP contribution in [0, 0.1) is 0 Å². The summed E-state index contributed by atoms with van der Waals surface area (Å²) in [5.74, 6) is 0.783. The quantitative estimate of drug-likeness (QED) is 0.767. The Morgan fingerprint density at radius 1 is 1.38 bits per heavy atom. The van der Waals surface area contributed by atoms with Gasteiger partial charge in [-0.25, -0.2) is 0 Å². The van der Waals surface area contributed by atoms with Gasteiger partial charge in [0.2, 0.25) is 0 Å². The summed E-state index contributed by atoms with van der Waals surface area (Å²) >= 11 is 0. The zero-order valence-corrected chi connectivity index (χ0v) is 9.83. The van der Waals surface area contributed by atoms with Crippen LogP contribution in [-0.2, 0) is 0 Å². The van der Waals surface area contributed by atoms with E-state index >= 15 is 0 Å². The topological polar surface area (TPSA) is 47.3 Å². The fourth-order valence-electron chi connectivity index (χ4n) is 2.21. The Kier molecular flexibility index (Phi) is 3.54. The molecule has 1 aliphatic carbocycles. The maximum Gasteiger partial charge on any atom is 0.144 e. The second-order valence-corrected chi connectivity index (χ2v) is 4.31. The van der Waals surface area contributed by atoms with E-state index in [1.165, 1.54) is 25.7 Å². The minimum absolute atomic E-state index is 0.623.